The van der Waals surface area contributed by atoms with Crippen LogP contribution in [0, 0.1) is 0 Å². The Balaban J connectivity index is 1.67. The lowest BCUT2D eigenvalue weighted by molar-refractivity contribution is 0.0261. The van der Waals surface area contributed by atoms with Gasteiger partial charge in [0.1, 0.15) is 5.65 Å². The zero-order valence-corrected chi connectivity index (χ0v) is 19.3. The minimum absolute atomic E-state index is 0.0964. The molecule has 3 N–H and O–H groups in total. The van der Waals surface area contributed by atoms with Crippen LogP contribution in [-0.2, 0) is 10.2 Å². The number of hydrogen-bond donors (Lipinski definition) is 3. The summed E-state index contributed by atoms with van der Waals surface area (Å²) in [6, 6.07) is 0.331. The molecule has 3 heterocycles. The van der Waals surface area contributed by atoms with Crippen molar-refractivity contribution in [1.82, 2.24) is 23.6 Å². The number of hydrogen-bond acceptors (Lipinski definition) is 7. The molecule has 2 atom stereocenters. The molecule has 1 saturated carbocycles. The average Bonchev–Trinajstić information content (AvgIpc) is 3.12. The summed E-state index contributed by atoms with van der Waals surface area (Å²) < 4.78 is 55.9. The number of pyridine rings is 1. The minimum atomic E-state index is -3.49. The number of fused-ring (bicyclic) bond motifs is 1. The molecule has 10 nitrogen and oxygen atoms in total. The van der Waals surface area contributed by atoms with Crippen LogP contribution < -0.4 is 15.6 Å². The molecule has 0 radical (unpaired) electrons. The molecule has 1 saturated heterocycles. The molecule has 2 aromatic heterocycles. The van der Waals surface area contributed by atoms with Crippen molar-refractivity contribution in [3.05, 3.63) is 28.2 Å². The largest absolute Gasteiger partial charge is 0.388 e. The molecule has 4 rings (SSSR count). The second-order valence-corrected chi connectivity index (χ2v) is 10.7. The molecule has 1 aliphatic heterocycles. The van der Waals surface area contributed by atoms with Crippen LogP contribution >= 0.6 is 0 Å². The first-order chi connectivity index (χ1) is 15.5. The number of aromatic nitrogens is 3. The normalized spacial score (nSPS) is 25.2. The standard InChI is InChI=1S/C20H28F2N6O4S/c1-20(30)7-3-4-15(20)28-17-12(10-14(16(21)22)18(28)29)11-24-19(26-17)25-13-5-8-27(9-6-13)33(31,32)23-2/h10-11,13,15-16,23,30H,3-9H2,1-2H3,(H,24,25,26)/t15-,20-/m1/s1. The summed E-state index contributed by atoms with van der Waals surface area (Å²) in [6.45, 7) is 2.25. The molecular weight excluding hydrogens is 458 g/mol. The summed E-state index contributed by atoms with van der Waals surface area (Å²) >= 11 is 0. The fourth-order valence-corrected chi connectivity index (χ4v) is 5.70. The van der Waals surface area contributed by atoms with Crippen LogP contribution in [0.5, 0.6) is 0 Å². The number of alkyl halides is 2. The van der Waals surface area contributed by atoms with Crippen molar-refractivity contribution in [2.24, 2.45) is 0 Å². The van der Waals surface area contributed by atoms with Crippen LogP contribution in [0.25, 0.3) is 11.0 Å². The van der Waals surface area contributed by atoms with Gasteiger partial charge in [0.05, 0.1) is 17.2 Å². The maximum absolute atomic E-state index is 13.6. The van der Waals surface area contributed by atoms with Gasteiger partial charge in [0, 0.05) is 37.8 Å². The maximum atomic E-state index is 13.6. The number of halogens is 2. The zero-order chi connectivity index (χ0) is 24.0. The van der Waals surface area contributed by atoms with Crippen LogP contribution in [0.4, 0.5) is 14.7 Å². The van der Waals surface area contributed by atoms with Crippen molar-refractivity contribution < 1.29 is 22.3 Å². The van der Waals surface area contributed by atoms with Gasteiger partial charge in [-0.05, 0) is 45.1 Å². The molecule has 0 aromatic carbocycles. The molecule has 2 aromatic rings. The van der Waals surface area contributed by atoms with E-state index in [1.165, 1.54) is 22.1 Å². The van der Waals surface area contributed by atoms with Crippen LogP contribution in [0.2, 0.25) is 0 Å². The van der Waals surface area contributed by atoms with Crippen LogP contribution in [-0.4, -0.2) is 64.1 Å². The van der Waals surface area contributed by atoms with Gasteiger partial charge in [0.15, 0.2) is 0 Å². The van der Waals surface area contributed by atoms with E-state index in [4.69, 9.17) is 0 Å². The van der Waals surface area contributed by atoms with E-state index in [0.29, 0.717) is 45.2 Å². The summed E-state index contributed by atoms with van der Waals surface area (Å²) in [5.41, 5.74) is -2.54. The number of nitrogens with one attached hydrogen (secondary N) is 2. The van der Waals surface area contributed by atoms with E-state index < -0.39 is 39.4 Å². The monoisotopic (exact) mass is 486 g/mol. The minimum Gasteiger partial charge on any atom is -0.388 e. The SMILES string of the molecule is CNS(=O)(=O)N1CCC(Nc2ncc3cc(C(F)F)c(=O)n([C@@H]4CCC[C@@]4(C)O)c3n2)CC1. The van der Waals surface area contributed by atoms with Gasteiger partial charge >= 0.3 is 0 Å². The Hall–Kier alpha value is -2.22. The van der Waals surface area contributed by atoms with Crippen molar-refractivity contribution in [3.8, 4) is 0 Å². The number of anilines is 1. The van der Waals surface area contributed by atoms with E-state index in [-0.39, 0.29) is 23.0 Å². The molecule has 0 amide bonds. The van der Waals surface area contributed by atoms with E-state index in [1.807, 2.05) is 0 Å². The van der Waals surface area contributed by atoms with Crippen LogP contribution in [0.3, 0.4) is 0 Å². The van der Waals surface area contributed by atoms with E-state index in [1.54, 1.807) is 6.92 Å². The van der Waals surface area contributed by atoms with Crippen molar-refractivity contribution in [1.29, 1.82) is 0 Å². The molecule has 2 aliphatic rings. The van der Waals surface area contributed by atoms with E-state index >= 15 is 0 Å². The Morgan fingerprint density at radius 2 is 1.97 bits per heavy atom. The maximum Gasteiger partial charge on any atom is 0.279 e. The Morgan fingerprint density at radius 3 is 2.55 bits per heavy atom. The third kappa shape index (κ3) is 4.59. The van der Waals surface area contributed by atoms with E-state index in [2.05, 4.69) is 20.0 Å². The van der Waals surface area contributed by atoms with Crippen molar-refractivity contribution in [2.75, 3.05) is 25.5 Å². The molecule has 0 spiro atoms. The fourth-order valence-electron chi connectivity index (χ4n) is 4.75. The summed E-state index contributed by atoms with van der Waals surface area (Å²) in [5.74, 6) is 0.216. The first-order valence-electron chi connectivity index (χ1n) is 10.9. The lowest BCUT2D eigenvalue weighted by atomic mass is 9.99. The summed E-state index contributed by atoms with van der Waals surface area (Å²) in [7, 11) is -2.12. The molecule has 33 heavy (non-hydrogen) atoms. The van der Waals surface area contributed by atoms with Crippen molar-refractivity contribution in [3.63, 3.8) is 0 Å². The molecule has 1 aliphatic carbocycles. The van der Waals surface area contributed by atoms with Gasteiger partial charge < -0.3 is 10.4 Å². The summed E-state index contributed by atoms with van der Waals surface area (Å²) in [6.07, 6.45) is 1.06. The Kier molecular flexibility index (Phi) is 6.42. The number of piperidine rings is 1. The quantitative estimate of drug-likeness (QED) is 0.565. The van der Waals surface area contributed by atoms with Gasteiger partial charge in [-0.15, -0.1) is 0 Å². The lowest BCUT2D eigenvalue weighted by Crippen LogP contribution is -2.46. The first-order valence-corrected chi connectivity index (χ1v) is 12.4. The number of rotatable bonds is 6. The van der Waals surface area contributed by atoms with Crippen molar-refractivity contribution >= 4 is 27.2 Å². The molecule has 13 heteroatoms. The van der Waals surface area contributed by atoms with Gasteiger partial charge in [-0.1, -0.05) is 0 Å². The highest BCUT2D eigenvalue weighted by molar-refractivity contribution is 7.87. The van der Waals surface area contributed by atoms with Gasteiger partial charge in [-0.25, -0.2) is 18.5 Å². The average molecular weight is 487 g/mol. The third-order valence-electron chi connectivity index (χ3n) is 6.61. The topological polar surface area (TPSA) is 129 Å². The van der Waals surface area contributed by atoms with Gasteiger partial charge in [0.25, 0.3) is 22.2 Å². The number of aliphatic hydroxyl groups is 1. The fraction of sp³-hybridized carbons (Fsp3) is 0.650. The number of nitrogens with zero attached hydrogens (tertiary/aromatic N) is 4. The lowest BCUT2D eigenvalue weighted by Gasteiger charge is -2.31. The Labute approximate surface area is 190 Å². The highest BCUT2D eigenvalue weighted by atomic mass is 32.2. The molecule has 0 unspecified atom stereocenters. The second kappa shape index (κ2) is 8.85. The summed E-state index contributed by atoms with van der Waals surface area (Å²) in [5, 5.41) is 14.3. The Bertz CT molecular complexity index is 1190. The Morgan fingerprint density at radius 1 is 1.27 bits per heavy atom. The third-order valence-corrected chi connectivity index (χ3v) is 8.17. The van der Waals surface area contributed by atoms with Gasteiger partial charge in [-0.3, -0.25) is 9.36 Å². The smallest absolute Gasteiger partial charge is 0.279 e. The molecule has 2 fully saturated rings. The second-order valence-electron chi connectivity index (χ2n) is 8.84. The van der Waals surface area contributed by atoms with Gasteiger partial charge in [0.2, 0.25) is 5.95 Å². The van der Waals surface area contributed by atoms with Crippen LogP contribution in [0.1, 0.15) is 57.1 Å². The van der Waals surface area contributed by atoms with Gasteiger partial charge in [-0.2, -0.15) is 17.7 Å². The van der Waals surface area contributed by atoms with E-state index in [9.17, 15) is 27.1 Å². The highest BCUT2D eigenvalue weighted by Crippen LogP contribution is 2.39. The van der Waals surface area contributed by atoms with Crippen molar-refractivity contribution in [2.45, 2.75) is 63.1 Å². The molecule has 182 valence electrons. The first kappa shape index (κ1) is 23.9. The van der Waals surface area contributed by atoms with E-state index in [0.717, 1.165) is 6.07 Å². The predicted octanol–water partition coefficient (Wildman–Crippen LogP) is 1.55. The highest BCUT2D eigenvalue weighted by Gasteiger charge is 2.40. The predicted molar refractivity (Wildman–Crippen MR) is 118 cm³/mol. The molecular formula is C20H28F2N6O4S. The summed E-state index contributed by atoms with van der Waals surface area (Å²) in [4.78, 5) is 21.7. The zero-order valence-electron chi connectivity index (χ0n) is 18.5. The van der Waals surface area contributed by atoms with Crippen LogP contribution in [0.15, 0.2) is 17.1 Å². The molecule has 0 bridgehead atoms.